The number of nitrogens with one attached hydrogen (secondary N) is 1. The van der Waals surface area contributed by atoms with Crippen molar-refractivity contribution >= 4 is 17.6 Å². The van der Waals surface area contributed by atoms with Crippen LogP contribution >= 0.6 is 0 Å². The average Bonchev–Trinajstić information content (AvgIpc) is 2.61. The molecule has 1 atom stereocenters. The SMILES string of the molecule is CCc1cccc(CC)c1NC(=O)C(C)OC(=O)c1ccccc1F. The molecule has 1 amide bonds. The molecule has 0 aliphatic rings. The van der Waals surface area contributed by atoms with E-state index in [1.165, 1.54) is 31.2 Å². The molecule has 0 saturated heterocycles. The van der Waals surface area contributed by atoms with E-state index in [9.17, 15) is 14.0 Å². The van der Waals surface area contributed by atoms with Crippen LogP contribution in [0.25, 0.3) is 0 Å². The molecule has 2 aromatic rings. The molecule has 0 aromatic heterocycles. The first-order chi connectivity index (χ1) is 12.0. The van der Waals surface area contributed by atoms with E-state index < -0.39 is 23.8 Å². The monoisotopic (exact) mass is 343 g/mol. The molecule has 0 aliphatic heterocycles. The number of para-hydroxylation sites is 1. The Balaban J connectivity index is 2.11. The number of halogens is 1. The van der Waals surface area contributed by atoms with Crippen LogP contribution in [-0.2, 0) is 22.4 Å². The fourth-order valence-electron chi connectivity index (χ4n) is 2.53. The molecule has 2 aromatic carbocycles. The lowest BCUT2D eigenvalue weighted by Gasteiger charge is -2.18. The smallest absolute Gasteiger partial charge is 0.341 e. The Labute approximate surface area is 147 Å². The van der Waals surface area contributed by atoms with E-state index in [2.05, 4.69) is 5.32 Å². The third-order valence-corrected chi connectivity index (χ3v) is 3.99. The highest BCUT2D eigenvalue weighted by Gasteiger charge is 2.22. The van der Waals surface area contributed by atoms with Gasteiger partial charge in [-0.1, -0.05) is 44.2 Å². The summed E-state index contributed by atoms with van der Waals surface area (Å²) in [4.78, 5) is 24.5. The third kappa shape index (κ3) is 4.44. The van der Waals surface area contributed by atoms with Crippen LogP contribution in [0.3, 0.4) is 0 Å². The highest BCUT2D eigenvalue weighted by Crippen LogP contribution is 2.23. The molecule has 1 N–H and O–H groups in total. The van der Waals surface area contributed by atoms with Crippen LogP contribution in [0.5, 0.6) is 0 Å². The molecule has 0 radical (unpaired) electrons. The minimum absolute atomic E-state index is 0.189. The number of rotatable bonds is 6. The number of hydrogen-bond acceptors (Lipinski definition) is 3. The summed E-state index contributed by atoms with van der Waals surface area (Å²) in [5.74, 6) is -1.98. The van der Waals surface area contributed by atoms with Crippen molar-refractivity contribution in [2.45, 2.75) is 39.7 Å². The van der Waals surface area contributed by atoms with E-state index in [4.69, 9.17) is 4.74 Å². The van der Waals surface area contributed by atoms with E-state index in [1.807, 2.05) is 32.0 Å². The summed E-state index contributed by atoms with van der Waals surface area (Å²) in [6.07, 6.45) is 0.501. The predicted octanol–water partition coefficient (Wildman–Crippen LogP) is 4.13. The van der Waals surface area contributed by atoms with Gasteiger partial charge in [-0.05, 0) is 43.0 Å². The van der Waals surface area contributed by atoms with Crippen LogP contribution in [0.4, 0.5) is 10.1 Å². The first-order valence-electron chi connectivity index (χ1n) is 8.35. The van der Waals surface area contributed by atoms with Gasteiger partial charge >= 0.3 is 5.97 Å². The summed E-state index contributed by atoms with van der Waals surface area (Å²) < 4.78 is 18.7. The quantitative estimate of drug-likeness (QED) is 0.802. The Morgan fingerprint density at radius 2 is 1.64 bits per heavy atom. The topological polar surface area (TPSA) is 55.4 Å². The molecular formula is C20H22FNO3. The molecule has 0 heterocycles. The summed E-state index contributed by atoms with van der Waals surface area (Å²) in [7, 11) is 0. The van der Waals surface area contributed by atoms with Gasteiger partial charge in [0.25, 0.3) is 5.91 Å². The molecule has 25 heavy (non-hydrogen) atoms. The van der Waals surface area contributed by atoms with Crippen molar-refractivity contribution in [2.75, 3.05) is 5.32 Å². The molecule has 0 spiro atoms. The van der Waals surface area contributed by atoms with Gasteiger partial charge in [0, 0.05) is 5.69 Å². The summed E-state index contributed by atoms with van der Waals surface area (Å²) in [6, 6.07) is 11.4. The number of carbonyl (C=O) groups is 2. The number of amides is 1. The minimum atomic E-state index is -1.04. The third-order valence-electron chi connectivity index (χ3n) is 3.99. The Morgan fingerprint density at radius 3 is 2.20 bits per heavy atom. The van der Waals surface area contributed by atoms with Crippen LogP contribution < -0.4 is 5.32 Å². The number of aryl methyl sites for hydroxylation is 2. The van der Waals surface area contributed by atoms with Crippen molar-refractivity contribution in [3.8, 4) is 0 Å². The molecule has 0 fully saturated rings. The average molecular weight is 343 g/mol. The number of hydrogen-bond donors (Lipinski definition) is 1. The lowest BCUT2D eigenvalue weighted by molar-refractivity contribution is -0.123. The fraction of sp³-hybridized carbons (Fsp3) is 0.300. The first kappa shape index (κ1) is 18.6. The highest BCUT2D eigenvalue weighted by atomic mass is 19.1. The Kier molecular flexibility index (Phi) is 6.28. The number of carbonyl (C=O) groups excluding carboxylic acids is 2. The van der Waals surface area contributed by atoms with Crippen molar-refractivity contribution in [3.63, 3.8) is 0 Å². The van der Waals surface area contributed by atoms with Crippen LogP contribution in [0.1, 0.15) is 42.3 Å². The highest BCUT2D eigenvalue weighted by molar-refractivity contribution is 5.98. The molecule has 0 bridgehead atoms. The number of ether oxygens (including phenoxy) is 1. The van der Waals surface area contributed by atoms with Gasteiger partial charge < -0.3 is 10.1 Å². The molecular weight excluding hydrogens is 321 g/mol. The summed E-state index contributed by atoms with van der Waals surface area (Å²) in [5.41, 5.74) is 2.59. The maximum Gasteiger partial charge on any atom is 0.341 e. The standard InChI is InChI=1S/C20H22FNO3/c1-4-14-9-8-10-15(5-2)18(14)22-19(23)13(3)25-20(24)16-11-6-7-12-17(16)21/h6-13H,4-5H2,1-3H3,(H,22,23). The lowest BCUT2D eigenvalue weighted by atomic mass is 10.0. The largest absolute Gasteiger partial charge is 0.449 e. The van der Waals surface area contributed by atoms with Gasteiger partial charge in [-0.3, -0.25) is 4.79 Å². The van der Waals surface area contributed by atoms with Crippen molar-refractivity contribution in [3.05, 3.63) is 65.0 Å². The summed E-state index contributed by atoms with van der Waals surface area (Å²) >= 11 is 0. The van der Waals surface area contributed by atoms with Gasteiger partial charge in [0.2, 0.25) is 0 Å². The second-order valence-corrected chi connectivity index (χ2v) is 5.68. The van der Waals surface area contributed by atoms with Crippen molar-refractivity contribution in [1.29, 1.82) is 0 Å². The summed E-state index contributed by atoms with van der Waals surface area (Å²) in [6.45, 7) is 5.48. The molecule has 5 heteroatoms. The van der Waals surface area contributed by atoms with Crippen molar-refractivity contribution in [1.82, 2.24) is 0 Å². The van der Waals surface area contributed by atoms with Crippen LogP contribution in [0, 0.1) is 5.82 Å². The van der Waals surface area contributed by atoms with E-state index in [0.29, 0.717) is 0 Å². The zero-order chi connectivity index (χ0) is 18.4. The maximum atomic E-state index is 13.6. The Morgan fingerprint density at radius 1 is 1.04 bits per heavy atom. The number of benzene rings is 2. The van der Waals surface area contributed by atoms with Crippen molar-refractivity contribution < 1.29 is 18.7 Å². The van der Waals surface area contributed by atoms with Gasteiger partial charge in [0.1, 0.15) is 5.82 Å². The fourth-order valence-corrected chi connectivity index (χ4v) is 2.53. The molecule has 132 valence electrons. The first-order valence-corrected chi connectivity index (χ1v) is 8.35. The van der Waals surface area contributed by atoms with Crippen molar-refractivity contribution in [2.24, 2.45) is 0 Å². The van der Waals surface area contributed by atoms with Gasteiger partial charge in [0.05, 0.1) is 5.56 Å². The molecule has 1 unspecified atom stereocenters. The zero-order valence-corrected chi connectivity index (χ0v) is 14.6. The van der Waals surface area contributed by atoms with Gasteiger partial charge in [-0.2, -0.15) is 0 Å². The maximum absolute atomic E-state index is 13.6. The van der Waals surface area contributed by atoms with Crippen LogP contribution in [0.15, 0.2) is 42.5 Å². The number of anilines is 1. The van der Waals surface area contributed by atoms with Gasteiger partial charge in [-0.15, -0.1) is 0 Å². The van der Waals surface area contributed by atoms with E-state index in [-0.39, 0.29) is 5.56 Å². The zero-order valence-electron chi connectivity index (χ0n) is 14.6. The lowest BCUT2D eigenvalue weighted by Crippen LogP contribution is -2.31. The Hall–Kier alpha value is -2.69. The minimum Gasteiger partial charge on any atom is -0.449 e. The molecule has 0 aliphatic carbocycles. The molecule has 0 saturated carbocycles. The van der Waals surface area contributed by atoms with E-state index in [1.54, 1.807) is 0 Å². The normalized spacial score (nSPS) is 11.7. The Bertz CT molecular complexity index is 751. The predicted molar refractivity (Wildman–Crippen MR) is 95.1 cm³/mol. The second-order valence-electron chi connectivity index (χ2n) is 5.68. The molecule has 4 nitrogen and oxygen atoms in total. The van der Waals surface area contributed by atoms with E-state index >= 15 is 0 Å². The number of esters is 1. The van der Waals surface area contributed by atoms with Gasteiger partial charge in [-0.25, -0.2) is 9.18 Å². The second kappa shape index (κ2) is 8.42. The van der Waals surface area contributed by atoms with Crippen LogP contribution in [0.2, 0.25) is 0 Å². The van der Waals surface area contributed by atoms with Gasteiger partial charge in [0.15, 0.2) is 6.10 Å². The summed E-state index contributed by atoms with van der Waals surface area (Å²) in [5, 5.41) is 2.84. The van der Waals surface area contributed by atoms with E-state index in [0.717, 1.165) is 29.7 Å². The van der Waals surface area contributed by atoms with Crippen LogP contribution in [-0.4, -0.2) is 18.0 Å². The molecule has 2 rings (SSSR count).